The number of hydrogen-bond acceptors (Lipinski definition) is 9. The first-order valence-electron chi connectivity index (χ1n) is 15.2. The maximum atomic E-state index is 12.2. The number of ether oxygens (including phenoxy) is 2. The van der Waals surface area contributed by atoms with Crippen LogP contribution in [0.5, 0.6) is 5.75 Å². The van der Waals surface area contributed by atoms with Gasteiger partial charge in [0.15, 0.2) is 6.23 Å². The van der Waals surface area contributed by atoms with Crippen LogP contribution in [0.25, 0.3) is 22.3 Å². The predicted octanol–water partition coefficient (Wildman–Crippen LogP) is 5.54. The average molecular weight is 650 g/mol. The highest BCUT2D eigenvalue weighted by Gasteiger charge is 2.39. The summed E-state index contributed by atoms with van der Waals surface area (Å²) in [7, 11) is -3.69. The molecule has 1 fully saturated rings. The second-order valence-electron chi connectivity index (χ2n) is 13.0. The molecule has 1 N–H and O–H groups in total. The average Bonchev–Trinajstić information content (AvgIpc) is 3.47. The van der Waals surface area contributed by atoms with Crippen molar-refractivity contribution < 1.29 is 31.3 Å². The first-order valence-corrected chi connectivity index (χ1v) is 19.9. The van der Waals surface area contributed by atoms with Crippen molar-refractivity contribution in [3.8, 4) is 17.1 Å². The molecule has 14 heteroatoms. The minimum absolute atomic E-state index is 0.0604. The van der Waals surface area contributed by atoms with Gasteiger partial charge in [-0.1, -0.05) is 20.8 Å². The van der Waals surface area contributed by atoms with Gasteiger partial charge in [-0.15, -0.1) is 0 Å². The number of benzene rings is 1. The van der Waals surface area contributed by atoms with E-state index in [4.69, 9.17) is 28.2 Å². The number of carbonyl (C=O) groups is 1. The number of imidazole rings is 1. The number of nitrogens with zero attached hydrogens (tertiary/aromatic N) is 4. The van der Waals surface area contributed by atoms with Crippen molar-refractivity contribution in [3.05, 3.63) is 30.2 Å². The van der Waals surface area contributed by atoms with Gasteiger partial charge in [0.25, 0.3) is 10.1 Å². The van der Waals surface area contributed by atoms with E-state index in [1.165, 1.54) is 0 Å². The Balaban J connectivity index is 1.49. The Morgan fingerprint density at radius 2 is 2.00 bits per heavy atom. The molecule has 4 rings (SSSR count). The van der Waals surface area contributed by atoms with Gasteiger partial charge in [-0.25, -0.2) is 14.5 Å². The van der Waals surface area contributed by atoms with Crippen molar-refractivity contribution >= 4 is 35.4 Å². The Morgan fingerprint density at radius 3 is 2.66 bits per heavy atom. The normalized spacial score (nSPS) is 17.0. The number of alkyl carbamates (subject to hydrolysis) is 1. The zero-order valence-corrected chi connectivity index (χ0v) is 29.0. The highest BCUT2D eigenvalue weighted by Crippen LogP contribution is 2.39. The molecular weight excluding hydrogens is 603 g/mol. The van der Waals surface area contributed by atoms with Gasteiger partial charge in [0.05, 0.1) is 17.9 Å². The number of aryl methyl sites for hydroxylation is 1. The summed E-state index contributed by atoms with van der Waals surface area (Å²) in [5.74, 6) is 1.57. The molecule has 0 aliphatic carbocycles. The Hall–Kier alpha value is -2.94. The smallest absolute Gasteiger partial charge is 0.407 e. The van der Waals surface area contributed by atoms with Crippen molar-refractivity contribution in [2.75, 3.05) is 26.0 Å². The van der Waals surface area contributed by atoms with Crippen LogP contribution in [0.2, 0.25) is 18.1 Å². The van der Waals surface area contributed by atoms with Crippen LogP contribution in [-0.2, 0) is 37.2 Å². The molecule has 244 valence electrons. The molecular formula is C30H47N5O7SSi. The van der Waals surface area contributed by atoms with Gasteiger partial charge in [-0.3, -0.25) is 4.18 Å². The lowest BCUT2D eigenvalue weighted by Crippen LogP contribution is -2.43. The third kappa shape index (κ3) is 8.61. The molecule has 3 aromatic rings. The van der Waals surface area contributed by atoms with E-state index in [1.807, 2.05) is 28.6 Å². The summed E-state index contributed by atoms with van der Waals surface area (Å²) < 4.78 is 49.3. The molecule has 3 heterocycles. The molecule has 2 aromatic heterocycles. The summed E-state index contributed by atoms with van der Waals surface area (Å²) in [6.45, 7) is 13.8. The number of carbonyl (C=O) groups excluding carboxylic acids is 1. The van der Waals surface area contributed by atoms with Crippen LogP contribution in [0, 0.1) is 0 Å². The van der Waals surface area contributed by atoms with Crippen LogP contribution in [0.4, 0.5) is 4.79 Å². The minimum Gasteiger partial charge on any atom is -0.543 e. The Morgan fingerprint density at radius 1 is 1.25 bits per heavy atom. The lowest BCUT2D eigenvalue weighted by molar-refractivity contribution is -0.0365. The molecule has 44 heavy (non-hydrogen) atoms. The van der Waals surface area contributed by atoms with Crippen LogP contribution in [0.15, 0.2) is 24.4 Å². The Bertz CT molecular complexity index is 1560. The topological polar surface area (TPSA) is 136 Å². The number of aromatic nitrogens is 4. The first kappa shape index (κ1) is 33.9. The Labute approximate surface area is 261 Å². The van der Waals surface area contributed by atoms with Crippen molar-refractivity contribution in [1.82, 2.24) is 24.6 Å². The number of amides is 1. The van der Waals surface area contributed by atoms with E-state index in [0.717, 1.165) is 59.4 Å². The molecule has 0 bridgehead atoms. The second kappa shape index (κ2) is 13.6. The second-order valence-corrected chi connectivity index (χ2v) is 19.3. The molecule has 12 nitrogen and oxygen atoms in total. The van der Waals surface area contributed by atoms with Gasteiger partial charge < -0.3 is 23.8 Å². The monoisotopic (exact) mass is 649 g/mol. The highest BCUT2D eigenvalue weighted by molar-refractivity contribution is 7.86. The van der Waals surface area contributed by atoms with E-state index < -0.39 is 30.6 Å². The SMILES string of the molecule is C[C@@H](CCNC(=O)OCCc1nc(-c2nn(C3CCCCO3)c3ccc(O[Si](C)(C)C(C)(C)C)cc23)cn1C)OS(C)(=O)=O. The van der Waals surface area contributed by atoms with Crippen LogP contribution in [0.3, 0.4) is 0 Å². The molecule has 2 atom stereocenters. The van der Waals surface area contributed by atoms with Gasteiger partial charge >= 0.3 is 6.09 Å². The van der Waals surface area contributed by atoms with Crippen molar-refractivity contribution in [3.63, 3.8) is 0 Å². The molecule has 0 radical (unpaired) electrons. The summed E-state index contributed by atoms with van der Waals surface area (Å²) >= 11 is 0. The van der Waals surface area contributed by atoms with Crippen molar-refractivity contribution in [2.24, 2.45) is 7.05 Å². The predicted molar refractivity (Wildman–Crippen MR) is 172 cm³/mol. The first-order chi connectivity index (χ1) is 20.5. The van der Waals surface area contributed by atoms with E-state index in [0.29, 0.717) is 19.4 Å². The summed E-state index contributed by atoms with van der Waals surface area (Å²) in [5, 5.41) is 8.66. The van der Waals surface area contributed by atoms with Crippen molar-refractivity contribution in [2.45, 2.75) is 90.3 Å². The number of fused-ring (bicyclic) bond motifs is 1. The molecule has 1 aliphatic rings. The number of hydrogen-bond donors (Lipinski definition) is 1. The number of nitrogens with one attached hydrogen (secondary N) is 1. The maximum Gasteiger partial charge on any atom is 0.407 e. The summed E-state index contributed by atoms with van der Waals surface area (Å²) in [5.41, 5.74) is 2.44. The molecule has 1 unspecified atom stereocenters. The summed E-state index contributed by atoms with van der Waals surface area (Å²) in [4.78, 5) is 17.0. The molecule has 0 saturated carbocycles. The maximum absolute atomic E-state index is 12.2. The standard InChI is InChI=1S/C30H47N5O7SSi/c1-21(41-43(6,37)38)14-16-31-29(36)40-18-15-26-32-24(20-34(26)5)28-23-19-22(42-44(7,8)30(2,3)4)12-13-25(23)35(33-28)27-11-9-10-17-39-27/h12-13,19-21,27H,9-11,14-18H2,1-8H3,(H,31,36)/t21-,27?/m0/s1. The lowest BCUT2D eigenvalue weighted by atomic mass is 10.1. The van der Waals surface area contributed by atoms with E-state index >= 15 is 0 Å². The van der Waals surface area contributed by atoms with Crippen LogP contribution in [0.1, 0.15) is 65.4 Å². The fourth-order valence-electron chi connectivity index (χ4n) is 4.82. The van der Waals surface area contributed by atoms with E-state index in [1.54, 1.807) is 6.92 Å². The van der Waals surface area contributed by atoms with Crippen LogP contribution >= 0.6 is 0 Å². The fraction of sp³-hybridized carbons (Fsp3) is 0.633. The fourth-order valence-corrected chi connectivity index (χ4v) is 6.53. The molecule has 1 saturated heterocycles. The van der Waals surface area contributed by atoms with Gasteiger partial charge in [-0.2, -0.15) is 13.5 Å². The number of rotatable bonds is 12. The lowest BCUT2D eigenvalue weighted by Gasteiger charge is -2.36. The Kier molecular flexibility index (Phi) is 10.5. The van der Waals surface area contributed by atoms with Gasteiger partial charge in [0.2, 0.25) is 8.32 Å². The third-order valence-electron chi connectivity index (χ3n) is 8.22. The van der Waals surface area contributed by atoms with Gasteiger partial charge in [0.1, 0.15) is 29.6 Å². The highest BCUT2D eigenvalue weighted by atomic mass is 32.2. The molecule has 1 aliphatic heterocycles. The molecule has 1 amide bonds. The van der Waals surface area contributed by atoms with Crippen molar-refractivity contribution in [1.29, 1.82) is 0 Å². The van der Waals surface area contributed by atoms with Crippen LogP contribution in [-0.4, -0.2) is 74.3 Å². The van der Waals surface area contributed by atoms with Crippen LogP contribution < -0.4 is 9.74 Å². The van der Waals surface area contributed by atoms with Gasteiger partial charge in [-0.05, 0) is 68.9 Å². The third-order valence-corrected chi connectivity index (χ3v) is 13.3. The zero-order chi connectivity index (χ0) is 32.3. The van der Waals surface area contributed by atoms with E-state index in [2.05, 4.69) is 51.3 Å². The quantitative estimate of drug-likeness (QED) is 0.198. The largest absolute Gasteiger partial charge is 0.543 e. The summed E-state index contributed by atoms with van der Waals surface area (Å²) in [6.07, 6.45) is 5.44. The minimum atomic E-state index is -3.54. The van der Waals surface area contributed by atoms with E-state index in [-0.39, 0.29) is 24.4 Å². The zero-order valence-electron chi connectivity index (χ0n) is 27.2. The molecule has 0 spiro atoms. The summed E-state index contributed by atoms with van der Waals surface area (Å²) in [6, 6.07) is 6.16. The van der Waals surface area contributed by atoms with Gasteiger partial charge in [0, 0.05) is 38.2 Å². The molecule has 1 aromatic carbocycles. The van der Waals surface area contributed by atoms with E-state index in [9.17, 15) is 13.2 Å².